The van der Waals surface area contributed by atoms with Crippen LogP contribution < -0.4 is 10.2 Å². The Hall–Kier alpha value is -3.44. The molecule has 0 bridgehead atoms. The minimum atomic E-state index is -0.141. The molecule has 4 aromatic rings. The summed E-state index contributed by atoms with van der Waals surface area (Å²) in [5.41, 5.74) is 3.00. The molecular weight excluding hydrogens is 378 g/mol. The highest BCUT2D eigenvalue weighted by atomic mass is 32.1. The van der Waals surface area contributed by atoms with Crippen LogP contribution in [-0.4, -0.2) is 10.1 Å². The van der Waals surface area contributed by atoms with Crippen molar-refractivity contribution in [1.29, 1.82) is 0 Å². The molecule has 1 aliphatic rings. The molecule has 1 N–H and O–H groups in total. The highest BCUT2D eigenvalue weighted by Gasteiger charge is 2.42. The summed E-state index contributed by atoms with van der Waals surface area (Å²) < 4.78 is 6.34. The van der Waals surface area contributed by atoms with Crippen LogP contribution in [0.15, 0.2) is 102 Å². The number of nitrogens with zero attached hydrogens (tertiary/aromatic N) is 2. The lowest BCUT2D eigenvalue weighted by molar-refractivity contribution is 0.439. The van der Waals surface area contributed by atoms with Crippen molar-refractivity contribution in [3.8, 4) is 11.3 Å². The van der Waals surface area contributed by atoms with E-state index < -0.39 is 0 Å². The second-order valence-electron chi connectivity index (χ2n) is 6.90. The first-order valence-electron chi connectivity index (χ1n) is 9.52. The number of furan rings is 1. The number of pyridine rings is 1. The van der Waals surface area contributed by atoms with E-state index in [0.29, 0.717) is 5.11 Å². The van der Waals surface area contributed by atoms with E-state index in [-0.39, 0.29) is 12.1 Å². The summed E-state index contributed by atoms with van der Waals surface area (Å²) in [6, 6.07) is 30.0. The molecule has 4 nitrogen and oxygen atoms in total. The first-order chi connectivity index (χ1) is 14.3. The predicted octanol–water partition coefficient (Wildman–Crippen LogP) is 5.52. The fourth-order valence-electron chi connectivity index (χ4n) is 3.78. The minimum absolute atomic E-state index is 0.112. The molecule has 29 heavy (non-hydrogen) atoms. The zero-order valence-electron chi connectivity index (χ0n) is 15.6. The molecule has 2 atom stereocenters. The van der Waals surface area contributed by atoms with Crippen LogP contribution in [-0.2, 0) is 0 Å². The Bertz CT molecular complexity index is 1110. The van der Waals surface area contributed by atoms with Crippen molar-refractivity contribution in [3.63, 3.8) is 0 Å². The number of thiocarbonyl (C=S) groups is 1. The Morgan fingerprint density at radius 3 is 2.28 bits per heavy atom. The lowest BCUT2D eigenvalue weighted by Crippen LogP contribution is -2.29. The summed E-state index contributed by atoms with van der Waals surface area (Å²) in [4.78, 5) is 6.69. The number of rotatable bonds is 4. The summed E-state index contributed by atoms with van der Waals surface area (Å²) >= 11 is 5.72. The topological polar surface area (TPSA) is 41.3 Å². The number of benzene rings is 2. The first kappa shape index (κ1) is 17.6. The zero-order chi connectivity index (χ0) is 19.6. The Morgan fingerprint density at radius 1 is 0.828 bits per heavy atom. The molecule has 0 radical (unpaired) electrons. The highest BCUT2D eigenvalue weighted by molar-refractivity contribution is 7.80. The van der Waals surface area contributed by atoms with Crippen molar-refractivity contribution in [2.45, 2.75) is 12.1 Å². The second kappa shape index (κ2) is 7.53. The molecule has 3 heterocycles. The van der Waals surface area contributed by atoms with E-state index >= 15 is 0 Å². The fourth-order valence-corrected chi connectivity index (χ4v) is 4.13. The number of para-hydroxylation sites is 1. The summed E-state index contributed by atoms with van der Waals surface area (Å²) in [5, 5.41) is 4.11. The van der Waals surface area contributed by atoms with Gasteiger partial charge in [-0.15, -0.1) is 0 Å². The largest absolute Gasteiger partial charge is 0.459 e. The Balaban J connectivity index is 1.60. The van der Waals surface area contributed by atoms with Crippen molar-refractivity contribution >= 4 is 23.0 Å². The van der Waals surface area contributed by atoms with E-state index in [9.17, 15) is 0 Å². The van der Waals surface area contributed by atoms with Crippen molar-refractivity contribution < 1.29 is 4.42 Å². The summed E-state index contributed by atoms with van der Waals surface area (Å²) in [7, 11) is 0. The lowest BCUT2D eigenvalue weighted by atomic mass is 10.0. The van der Waals surface area contributed by atoms with Crippen LogP contribution >= 0.6 is 12.2 Å². The summed E-state index contributed by atoms with van der Waals surface area (Å²) in [6.45, 7) is 0. The van der Waals surface area contributed by atoms with Gasteiger partial charge < -0.3 is 14.6 Å². The molecule has 0 unspecified atom stereocenters. The predicted molar refractivity (Wildman–Crippen MR) is 119 cm³/mol. The molecule has 1 aliphatic heterocycles. The van der Waals surface area contributed by atoms with E-state index in [2.05, 4.69) is 27.3 Å². The first-order valence-corrected chi connectivity index (χ1v) is 9.93. The third kappa shape index (κ3) is 3.30. The van der Waals surface area contributed by atoms with Crippen LogP contribution in [0.1, 0.15) is 23.5 Å². The molecule has 5 rings (SSSR count). The van der Waals surface area contributed by atoms with Crippen molar-refractivity contribution in [2.24, 2.45) is 0 Å². The molecule has 0 spiro atoms. The monoisotopic (exact) mass is 397 g/mol. The number of hydrogen-bond acceptors (Lipinski definition) is 3. The standard InChI is InChI=1S/C24H19N3OS/c29-24-26-22(19-13-7-8-16-25-19)23(27(24)18-11-5-2-6-12-18)21-15-14-20(28-21)17-9-3-1-4-10-17/h1-16,22-23H,(H,26,29)/t22-,23+/m1/s1. The van der Waals surface area contributed by atoms with Crippen molar-refractivity contribution in [2.75, 3.05) is 4.90 Å². The third-order valence-corrected chi connectivity index (χ3v) is 5.42. The van der Waals surface area contributed by atoms with Crippen molar-refractivity contribution in [1.82, 2.24) is 10.3 Å². The molecule has 5 heteroatoms. The molecule has 0 amide bonds. The maximum absolute atomic E-state index is 6.34. The van der Waals surface area contributed by atoms with E-state index in [1.807, 2.05) is 78.9 Å². The van der Waals surface area contributed by atoms with E-state index in [1.165, 1.54) is 0 Å². The number of anilines is 1. The van der Waals surface area contributed by atoms with E-state index in [0.717, 1.165) is 28.5 Å². The average Bonchev–Trinajstić information content (AvgIpc) is 3.40. The minimum Gasteiger partial charge on any atom is -0.459 e. The van der Waals surface area contributed by atoms with Gasteiger partial charge in [-0.2, -0.15) is 0 Å². The van der Waals surface area contributed by atoms with Gasteiger partial charge in [0, 0.05) is 17.4 Å². The van der Waals surface area contributed by atoms with Gasteiger partial charge in [-0.25, -0.2) is 0 Å². The Morgan fingerprint density at radius 2 is 1.55 bits per heavy atom. The summed E-state index contributed by atoms with van der Waals surface area (Å²) in [6.07, 6.45) is 1.81. The molecule has 2 aromatic carbocycles. The van der Waals surface area contributed by atoms with Crippen LogP contribution in [0.4, 0.5) is 5.69 Å². The van der Waals surface area contributed by atoms with E-state index in [4.69, 9.17) is 16.6 Å². The van der Waals surface area contributed by atoms with Crippen LogP contribution in [0, 0.1) is 0 Å². The normalized spacial score (nSPS) is 18.6. The number of hydrogen-bond donors (Lipinski definition) is 1. The molecule has 0 saturated carbocycles. The second-order valence-corrected chi connectivity index (χ2v) is 7.29. The van der Waals surface area contributed by atoms with Crippen LogP contribution in [0.2, 0.25) is 0 Å². The van der Waals surface area contributed by atoms with Crippen molar-refractivity contribution in [3.05, 3.63) is 109 Å². The van der Waals surface area contributed by atoms with Gasteiger partial charge in [-0.05, 0) is 48.6 Å². The van der Waals surface area contributed by atoms with Crippen LogP contribution in [0.5, 0.6) is 0 Å². The van der Waals surface area contributed by atoms with Gasteiger partial charge in [0.25, 0.3) is 0 Å². The maximum Gasteiger partial charge on any atom is 0.174 e. The van der Waals surface area contributed by atoms with E-state index in [1.54, 1.807) is 6.20 Å². The van der Waals surface area contributed by atoms with Gasteiger partial charge in [0.15, 0.2) is 5.11 Å². The maximum atomic E-state index is 6.34. The average molecular weight is 398 g/mol. The van der Waals surface area contributed by atoms with Gasteiger partial charge in [-0.1, -0.05) is 54.6 Å². The number of nitrogens with one attached hydrogen (secondary N) is 1. The number of aromatic nitrogens is 1. The smallest absolute Gasteiger partial charge is 0.174 e. The molecule has 142 valence electrons. The van der Waals surface area contributed by atoms with Gasteiger partial charge in [0.05, 0.1) is 11.7 Å². The fraction of sp³-hybridized carbons (Fsp3) is 0.0833. The highest BCUT2D eigenvalue weighted by Crippen LogP contribution is 2.42. The SMILES string of the molecule is S=C1N[C@H](c2ccccn2)[C@H](c2ccc(-c3ccccc3)o2)N1c1ccccc1. The van der Waals surface area contributed by atoms with Gasteiger partial charge in [0.2, 0.25) is 0 Å². The van der Waals surface area contributed by atoms with Crippen LogP contribution in [0.3, 0.4) is 0 Å². The molecule has 2 aromatic heterocycles. The molecule has 1 saturated heterocycles. The van der Waals surface area contributed by atoms with Crippen LogP contribution in [0.25, 0.3) is 11.3 Å². The molecular formula is C24H19N3OS. The third-order valence-electron chi connectivity index (χ3n) is 5.11. The molecule has 0 aliphatic carbocycles. The van der Waals surface area contributed by atoms with Gasteiger partial charge >= 0.3 is 0 Å². The Labute approximate surface area is 174 Å². The van der Waals surface area contributed by atoms with Gasteiger partial charge in [0.1, 0.15) is 17.6 Å². The Kier molecular flexibility index (Phi) is 4.58. The lowest BCUT2D eigenvalue weighted by Gasteiger charge is -2.26. The summed E-state index contributed by atoms with van der Waals surface area (Å²) in [5.74, 6) is 1.68. The van der Waals surface area contributed by atoms with Gasteiger partial charge in [-0.3, -0.25) is 4.98 Å². The quantitative estimate of drug-likeness (QED) is 0.459. The molecule has 1 fully saturated rings. The zero-order valence-corrected chi connectivity index (χ0v) is 16.4.